The van der Waals surface area contributed by atoms with Crippen LogP contribution in [0, 0.1) is 11.4 Å². The number of hydrogen-bond donors (Lipinski definition) is 2. The molecule has 5 heteroatoms. The molecule has 0 bridgehead atoms. The van der Waals surface area contributed by atoms with Gasteiger partial charge < -0.3 is 10.8 Å². The maximum atomic E-state index is 13.2. The molecular formula is C10H16ClFN2O. The van der Waals surface area contributed by atoms with E-state index in [-0.39, 0.29) is 19.0 Å². The van der Waals surface area contributed by atoms with E-state index in [2.05, 4.69) is 4.98 Å². The van der Waals surface area contributed by atoms with Gasteiger partial charge in [0.1, 0.15) is 0 Å². The van der Waals surface area contributed by atoms with Gasteiger partial charge in [0.05, 0.1) is 0 Å². The minimum atomic E-state index is -0.568. The highest BCUT2D eigenvalue weighted by molar-refractivity contribution is 5.85. The van der Waals surface area contributed by atoms with E-state index in [1.54, 1.807) is 26.0 Å². The molecule has 0 aromatic carbocycles. The van der Waals surface area contributed by atoms with E-state index in [4.69, 9.17) is 10.8 Å². The molecule has 3 nitrogen and oxygen atoms in total. The van der Waals surface area contributed by atoms with Crippen molar-refractivity contribution in [3.8, 4) is 0 Å². The van der Waals surface area contributed by atoms with Gasteiger partial charge in [0.25, 0.3) is 0 Å². The van der Waals surface area contributed by atoms with E-state index in [1.165, 1.54) is 6.20 Å². The van der Waals surface area contributed by atoms with Crippen LogP contribution in [0.1, 0.15) is 25.5 Å². The van der Waals surface area contributed by atoms with Gasteiger partial charge in [-0.25, -0.2) is 4.98 Å². The number of aliphatic hydroxyl groups is 1. The molecule has 1 aromatic heterocycles. The summed E-state index contributed by atoms with van der Waals surface area (Å²) in [5, 5.41) is 9.09. The van der Waals surface area contributed by atoms with Crippen LogP contribution in [0.4, 0.5) is 4.39 Å². The molecule has 1 aromatic rings. The molecule has 1 rings (SSSR count). The average Bonchev–Trinajstić information content (AvgIpc) is 2.17. The summed E-state index contributed by atoms with van der Waals surface area (Å²) in [4.78, 5) is 3.52. The molecular weight excluding hydrogens is 219 g/mol. The van der Waals surface area contributed by atoms with Crippen molar-refractivity contribution in [3.05, 3.63) is 29.8 Å². The topological polar surface area (TPSA) is 59.1 Å². The maximum absolute atomic E-state index is 13.2. The minimum absolute atomic E-state index is 0. The molecule has 0 saturated carbocycles. The monoisotopic (exact) mass is 234 g/mol. The first-order valence-corrected chi connectivity index (χ1v) is 4.46. The van der Waals surface area contributed by atoms with Crippen molar-refractivity contribution < 1.29 is 9.50 Å². The smallest absolute Gasteiger partial charge is 0.217 e. The highest BCUT2D eigenvalue weighted by atomic mass is 35.5. The van der Waals surface area contributed by atoms with E-state index in [9.17, 15) is 4.39 Å². The van der Waals surface area contributed by atoms with E-state index >= 15 is 0 Å². The van der Waals surface area contributed by atoms with Gasteiger partial charge >= 0.3 is 0 Å². The SMILES string of the molecule is CC(C)(CO)[C@H](N)c1cccnc1F.Cl. The van der Waals surface area contributed by atoms with Crippen LogP contribution < -0.4 is 5.73 Å². The molecule has 0 aliphatic heterocycles. The second-order valence-corrected chi connectivity index (χ2v) is 4.01. The quantitative estimate of drug-likeness (QED) is 0.782. The Bertz CT molecular complexity index is 320. The summed E-state index contributed by atoms with van der Waals surface area (Å²) in [6.45, 7) is 3.47. The van der Waals surface area contributed by atoms with E-state index < -0.39 is 17.4 Å². The number of halogens is 2. The molecule has 0 fully saturated rings. The number of pyridine rings is 1. The number of nitrogens with two attached hydrogens (primary N) is 1. The fourth-order valence-electron chi connectivity index (χ4n) is 1.15. The average molecular weight is 235 g/mol. The van der Waals surface area contributed by atoms with Crippen LogP contribution in [0.2, 0.25) is 0 Å². The zero-order valence-electron chi connectivity index (χ0n) is 8.77. The van der Waals surface area contributed by atoms with Crippen LogP contribution in [-0.2, 0) is 0 Å². The van der Waals surface area contributed by atoms with E-state index in [0.29, 0.717) is 5.56 Å². The van der Waals surface area contributed by atoms with Crippen LogP contribution in [-0.4, -0.2) is 16.7 Å². The summed E-state index contributed by atoms with van der Waals surface area (Å²) >= 11 is 0. The molecule has 0 radical (unpaired) electrons. The van der Waals surface area contributed by atoms with Crippen molar-refractivity contribution in [3.63, 3.8) is 0 Å². The molecule has 3 N–H and O–H groups in total. The molecule has 0 saturated heterocycles. The molecule has 15 heavy (non-hydrogen) atoms. The first-order valence-electron chi connectivity index (χ1n) is 4.46. The molecule has 0 amide bonds. The second-order valence-electron chi connectivity index (χ2n) is 4.01. The van der Waals surface area contributed by atoms with Gasteiger partial charge in [0, 0.05) is 29.8 Å². The zero-order valence-corrected chi connectivity index (χ0v) is 9.59. The third kappa shape index (κ3) is 3.12. The number of hydrogen-bond acceptors (Lipinski definition) is 3. The lowest BCUT2D eigenvalue weighted by Crippen LogP contribution is -2.33. The number of aliphatic hydroxyl groups excluding tert-OH is 1. The standard InChI is InChI=1S/C10H15FN2O.ClH/c1-10(2,6-14)8(12)7-4-3-5-13-9(7)11;/h3-5,8,14H,6,12H2,1-2H3;1H/t8-;/m1./s1. The molecule has 0 spiro atoms. The Morgan fingerprint density at radius 2 is 2.20 bits per heavy atom. The number of aromatic nitrogens is 1. The molecule has 0 unspecified atom stereocenters. The van der Waals surface area contributed by atoms with Gasteiger partial charge in [0.15, 0.2) is 0 Å². The van der Waals surface area contributed by atoms with Crippen molar-refractivity contribution in [2.45, 2.75) is 19.9 Å². The fraction of sp³-hybridized carbons (Fsp3) is 0.500. The number of rotatable bonds is 3. The Kier molecular flexibility index (Phi) is 5.14. The van der Waals surface area contributed by atoms with Gasteiger partial charge in [-0.2, -0.15) is 4.39 Å². The summed E-state index contributed by atoms with van der Waals surface area (Å²) in [5.41, 5.74) is 5.63. The largest absolute Gasteiger partial charge is 0.396 e. The molecule has 0 aliphatic rings. The first-order chi connectivity index (χ1) is 6.49. The zero-order chi connectivity index (χ0) is 10.8. The van der Waals surface area contributed by atoms with Crippen LogP contribution in [0.3, 0.4) is 0 Å². The highest BCUT2D eigenvalue weighted by Gasteiger charge is 2.29. The summed E-state index contributed by atoms with van der Waals surface area (Å²) in [6, 6.07) is 2.66. The Balaban J connectivity index is 0.00000196. The van der Waals surface area contributed by atoms with E-state index in [1.807, 2.05) is 0 Å². The Morgan fingerprint density at radius 1 is 1.60 bits per heavy atom. The van der Waals surface area contributed by atoms with Gasteiger partial charge in [-0.05, 0) is 6.07 Å². The predicted octanol–water partition coefficient (Wildman–Crippen LogP) is 1.66. The number of nitrogens with zero attached hydrogens (tertiary/aromatic N) is 1. The summed E-state index contributed by atoms with van der Waals surface area (Å²) in [7, 11) is 0. The minimum Gasteiger partial charge on any atom is -0.396 e. The third-order valence-corrected chi connectivity index (χ3v) is 2.37. The van der Waals surface area contributed by atoms with Crippen LogP contribution in [0.15, 0.2) is 18.3 Å². The third-order valence-electron chi connectivity index (χ3n) is 2.37. The summed E-state index contributed by atoms with van der Waals surface area (Å²) in [6.07, 6.45) is 1.37. The lowest BCUT2D eigenvalue weighted by atomic mass is 9.82. The maximum Gasteiger partial charge on any atom is 0.217 e. The van der Waals surface area contributed by atoms with Crippen LogP contribution in [0.25, 0.3) is 0 Å². The first kappa shape index (κ1) is 14.3. The van der Waals surface area contributed by atoms with Crippen LogP contribution in [0.5, 0.6) is 0 Å². The lowest BCUT2D eigenvalue weighted by molar-refractivity contribution is 0.130. The van der Waals surface area contributed by atoms with Crippen molar-refractivity contribution in [2.24, 2.45) is 11.1 Å². The van der Waals surface area contributed by atoms with Gasteiger partial charge in [0.2, 0.25) is 5.95 Å². The highest BCUT2D eigenvalue weighted by Crippen LogP contribution is 2.31. The van der Waals surface area contributed by atoms with Crippen molar-refractivity contribution in [1.82, 2.24) is 4.98 Å². The fourth-order valence-corrected chi connectivity index (χ4v) is 1.15. The normalized spacial score (nSPS) is 13.1. The van der Waals surface area contributed by atoms with Crippen molar-refractivity contribution >= 4 is 12.4 Å². The molecule has 1 heterocycles. The Labute approximate surface area is 94.9 Å². The lowest BCUT2D eigenvalue weighted by Gasteiger charge is -2.29. The Hall–Kier alpha value is -0.710. The van der Waals surface area contributed by atoms with E-state index in [0.717, 1.165) is 0 Å². The van der Waals surface area contributed by atoms with Crippen molar-refractivity contribution in [2.75, 3.05) is 6.61 Å². The van der Waals surface area contributed by atoms with Gasteiger partial charge in [-0.1, -0.05) is 19.9 Å². The molecule has 0 aliphatic carbocycles. The summed E-state index contributed by atoms with van der Waals surface area (Å²) < 4.78 is 13.2. The second kappa shape index (κ2) is 5.39. The summed E-state index contributed by atoms with van der Waals surface area (Å²) in [5.74, 6) is -0.568. The Morgan fingerprint density at radius 3 is 2.67 bits per heavy atom. The van der Waals surface area contributed by atoms with Crippen LogP contribution >= 0.6 is 12.4 Å². The molecule has 1 atom stereocenters. The van der Waals surface area contributed by atoms with Gasteiger partial charge in [-0.3, -0.25) is 0 Å². The predicted molar refractivity (Wildman–Crippen MR) is 59.2 cm³/mol. The van der Waals surface area contributed by atoms with Gasteiger partial charge in [-0.15, -0.1) is 12.4 Å². The van der Waals surface area contributed by atoms with Crippen molar-refractivity contribution in [1.29, 1.82) is 0 Å². The molecule has 86 valence electrons.